The summed E-state index contributed by atoms with van der Waals surface area (Å²) in [5.41, 5.74) is 1.09. The van der Waals surface area contributed by atoms with Gasteiger partial charge in [-0.2, -0.15) is 0 Å². The summed E-state index contributed by atoms with van der Waals surface area (Å²) in [6.07, 6.45) is 0.389. The van der Waals surface area contributed by atoms with Gasteiger partial charge in [0.2, 0.25) is 5.91 Å². The first-order valence-corrected chi connectivity index (χ1v) is 13.2. The van der Waals surface area contributed by atoms with Gasteiger partial charge in [-0.3, -0.25) is 9.59 Å². The number of rotatable bonds is 9. The number of phenolic OH excluding ortho intramolecular Hbond substituents is 1. The highest BCUT2D eigenvalue weighted by molar-refractivity contribution is 6.00. The van der Waals surface area contributed by atoms with Crippen molar-refractivity contribution in [2.45, 2.75) is 85.0 Å². The molecule has 0 saturated heterocycles. The third-order valence-corrected chi connectivity index (χ3v) is 6.54. The molecule has 1 aliphatic rings. The van der Waals surface area contributed by atoms with E-state index < -0.39 is 29.7 Å². The molecule has 0 aromatic heterocycles. The van der Waals surface area contributed by atoms with Crippen LogP contribution in [0.25, 0.3) is 0 Å². The SMILES string of the molecule is Cc1ccccc1NC(=O)C(c1ccccc1O)N(C(=O)C(CC(C)C)NC(=O)OC(C)(C)C)C1CC1C. The molecule has 38 heavy (non-hydrogen) atoms. The minimum Gasteiger partial charge on any atom is -0.508 e. The molecule has 8 nitrogen and oxygen atoms in total. The maximum atomic E-state index is 14.3. The molecule has 0 spiro atoms. The third kappa shape index (κ3) is 7.49. The Morgan fingerprint density at radius 3 is 2.24 bits per heavy atom. The van der Waals surface area contributed by atoms with Crippen molar-refractivity contribution in [3.8, 4) is 5.75 Å². The lowest BCUT2D eigenvalue weighted by Crippen LogP contribution is -2.53. The van der Waals surface area contributed by atoms with Crippen molar-refractivity contribution in [1.82, 2.24) is 10.2 Å². The lowest BCUT2D eigenvalue weighted by Gasteiger charge is -2.35. The van der Waals surface area contributed by atoms with Crippen molar-refractivity contribution in [3.05, 3.63) is 59.7 Å². The summed E-state index contributed by atoms with van der Waals surface area (Å²) >= 11 is 0. The molecule has 0 radical (unpaired) electrons. The van der Waals surface area contributed by atoms with E-state index in [4.69, 9.17) is 4.74 Å². The van der Waals surface area contributed by atoms with Crippen molar-refractivity contribution in [3.63, 3.8) is 0 Å². The molecule has 1 saturated carbocycles. The molecule has 3 amide bonds. The Morgan fingerprint density at radius 2 is 1.68 bits per heavy atom. The summed E-state index contributed by atoms with van der Waals surface area (Å²) < 4.78 is 5.44. The summed E-state index contributed by atoms with van der Waals surface area (Å²) in [6, 6.07) is 11.7. The zero-order chi connectivity index (χ0) is 28.2. The van der Waals surface area contributed by atoms with Gasteiger partial charge in [0.1, 0.15) is 23.4 Å². The van der Waals surface area contributed by atoms with Crippen molar-refractivity contribution < 1.29 is 24.2 Å². The Hall–Kier alpha value is -3.55. The van der Waals surface area contributed by atoms with Crippen LogP contribution in [0.1, 0.15) is 71.6 Å². The fourth-order valence-corrected chi connectivity index (χ4v) is 4.55. The number of nitrogens with one attached hydrogen (secondary N) is 2. The minimum absolute atomic E-state index is 0.0796. The van der Waals surface area contributed by atoms with Gasteiger partial charge in [0, 0.05) is 17.3 Å². The van der Waals surface area contributed by atoms with Crippen LogP contribution in [0.5, 0.6) is 5.75 Å². The maximum absolute atomic E-state index is 14.3. The molecule has 4 atom stereocenters. The fourth-order valence-electron chi connectivity index (χ4n) is 4.55. The zero-order valence-electron chi connectivity index (χ0n) is 23.4. The second-order valence-corrected chi connectivity index (χ2v) is 11.6. The van der Waals surface area contributed by atoms with Gasteiger partial charge >= 0.3 is 6.09 Å². The highest BCUT2D eigenvalue weighted by atomic mass is 16.6. The monoisotopic (exact) mass is 523 g/mol. The molecule has 4 unspecified atom stereocenters. The number of hydrogen-bond donors (Lipinski definition) is 3. The van der Waals surface area contributed by atoms with Gasteiger partial charge in [-0.05, 0) is 70.1 Å². The van der Waals surface area contributed by atoms with Gasteiger partial charge < -0.3 is 25.4 Å². The summed E-state index contributed by atoms with van der Waals surface area (Å²) in [6.45, 7) is 13.1. The van der Waals surface area contributed by atoms with Gasteiger partial charge in [0.05, 0.1) is 0 Å². The lowest BCUT2D eigenvalue weighted by atomic mass is 9.98. The van der Waals surface area contributed by atoms with Gasteiger partial charge in [-0.15, -0.1) is 0 Å². The lowest BCUT2D eigenvalue weighted by molar-refractivity contribution is -0.142. The van der Waals surface area contributed by atoms with Gasteiger partial charge in [-0.25, -0.2) is 4.79 Å². The number of benzene rings is 2. The first-order valence-electron chi connectivity index (χ1n) is 13.2. The average molecular weight is 524 g/mol. The molecule has 1 fully saturated rings. The van der Waals surface area contributed by atoms with E-state index in [1.807, 2.05) is 45.9 Å². The molecular formula is C30H41N3O5. The topological polar surface area (TPSA) is 108 Å². The van der Waals surface area contributed by atoms with Crippen LogP contribution >= 0.6 is 0 Å². The highest BCUT2D eigenvalue weighted by Crippen LogP contribution is 2.42. The number of carbonyl (C=O) groups excluding carboxylic acids is 3. The molecule has 0 bridgehead atoms. The van der Waals surface area contributed by atoms with Crippen LogP contribution in [0.15, 0.2) is 48.5 Å². The smallest absolute Gasteiger partial charge is 0.408 e. The Balaban J connectivity index is 2.04. The van der Waals surface area contributed by atoms with Crippen molar-refractivity contribution in [1.29, 1.82) is 0 Å². The number of aryl methyl sites for hydroxylation is 1. The number of hydrogen-bond acceptors (Lipinski definition) is 5. The normalized spacial score (nSPS) is 18.3. The second kappa shape index (κ2) is 11.9. The third-order valence-electron chi connectivity index (χ3n) is 6.54. The Bertz CT molecular complexity index is 1160. The van der Waals surface area contributed by atoms with E-state index >= 15 is 0 Å². The van der Waals surface area contributed by atoms with Crippen molar-refractivity contribution in [2.24, 2.45) is 11.8 Å². The first kappa shape index (κ1) is 29.0. The standard InChI is InChI=1S/C30H41N3O5/c1-18(2)16-23(32-29(37)38-30(5,6)7)28(36)33(24-17-20(24)4)26(21-13-9-11-15-25(21)34)27(35)31-22-14-10-8-12-19(22)3/h8-15,18,20,23-24,26,34H,16-17H2,1-7H3,(H,31,35)(H,32,37). The van der Waals surface area contributed by atoms with Crippen LogP contribution in [-0.4, -0.2) is 45.6 Å². The van der Waals surface area contributed by atoms with Crippen LogP contribution < -0.4 is 10.6 Å². The Labute approximate surface area is 225 Å². The number of nitrogens with zero attached hydrogens (tertiary/aromatic N) is 1. The van der Waals surface area contributed by atoms with E-state index in [1.54, 1.807) is 49.9 Å². The van der Waals surface area contributed by atoms with Crippen LogP contribution in [-0.2, 0) is 14.3 Å². The number of para-hydroxylation sites is 2. The summed E-state index contributed by atoms with van der Waals surface area (Å²) in [5.74, 6) is -0.647. The predicted molar refractivity (Wildman–Crippen MR) is 148 cm³/mol. The molecule has 2 aromatic rings. The summed E-state index contributed by atoms with van der Waals surface area (Å²) in [7, 11) is 0. The molecule has 0 heterocycles. The van der Waals surface area contributed by atoms with E-state index in [2.05, 4.69) is 10.6 Å². The maximum Gasteiger partial charge on any atom is 0.408 e. The number of aromatic hydroxyl groups is 1. The molecule has 3 N–H and O–H groups in total. The summed E-state index contributed by atoms with van der Waals surface area (Å²) in [4.78, 5) is 42.4. The fraction of sp³-hybridized carbons (Fsp3) is 0.500. The molecule has 0 aliphatic heterocycles. The van der Waals surface area contributed by atoms with E-state index in [1.165, 1.54) is 6.07 Å². The largest absolute Gasteiger partial charge is 0.508 e. The van der Waals surface area contributed by atoms with Crippen molar-refractivity contribution in [2.75, 3.05) is 5.32 Å². The van der Waals surface area contributed by atoms with E-state index in [0.717, 1.165) is 5.56 Å². The van der Waals surface area contributed by atoms with E-state index in [9.17, 15) is 19.5 Å². The second-order valence-electron chi connectivity index (χ2n) is 11.6. The molecule has 1 aliphatic carbocycles. The van der Waals surface area contributed by atoms with Gasteiger partial charge in [0.15, 0.2) is 0 Å². The molecule has 206 valence electrons. The number of carbonyl (C=O) groups is 3. The van der Waals surface area contributed by atoms with Gasteiger partial charge in [0.25, 0.3) is 5.91 Å². The predicted octanol–water partition coefficient (Wildman–Crippen LogP) is 5.56. The van der Waals surface area contributed by atoms with Crippen LogP contribution in [0.3, 0.4) is 0 Å². The van der Waals surface area contributed by atoms with Crippen LogP contribution in [0.4, 0.5) is 10.5 Å². The highest BCUT2D eigenvalue weighted by Gasteiger charge is 2.48. The average Bonchev–Trinajstić information content (AvgIpc) is 3.52. The summed E-state index contributed by atoms with van der Waals surface area (Å²) in [5, 5.41) is 16.5. The molecule has 3 rings (SSSR count). The molecule has 2 aromatic carbocycles. The van der Waals surface area contributed by atoms with Crippen molar-refractivity contribution >= 4 is 23.6 Å². The number of ether oxygens (including phenoxy) is 1. The van der Waals surface area contributed by atoms with E-state index in [-0.39, 0.29) is 29.5 Å². The quantitative estimate of drug-likeness (QED) is 0.399. The number of anilines is 1. The minimum atomic E-state index is -1.10. The van der Waals surface area contributed by atoms with Crippen LogP contribution in [0, 0.1) is 18.8 Å². The molecule has 8 heteroatoms. The van der Waals surface area contributed by atoms with Crippen LogP contribution in [0.2, 0.25) is 0 Å². The van der Waals surface area contributed by atoms with E-state index in [0.29, 0.717) is 24.1 Å². The Kier molecular flexibility index (Phi) is 9.07. The number of amides is 3. The number of phenols is 1. The molecular weight excluding hydrogens is 482 g/mol. The zero-order valence-corrected chi connectivity index (χ0v) is 23.4. The Morgan fingerprint density at radius 1 is 1.08 bits per heavy atom. The first-order chi connectivity index (χ1) is 17.8. The van der Waals surface area contributed by atoms with Gasteiger partial charge in [-0.1, -0.05) is 57.2 Å². The number of alkyl carbamates (subject to hydrolysis) is 1.